The van der Waals surface area contributed by atoms with Gasteiger partial charge in [-0.1, -0.05) is 12.1 Å². The van der Waals surface area contributed by atoms with Crippen molar-refractivity contribution in [3.05, 3.63) is 99.1 Å². The molecule has 1 atom stereocenters. The third kappa shape index (κ3) is 7.19. The molecule has 5 rings (SSSR count). The van der Waals surface area contributed by atoms with Crippen LogP contribution in [0.15, 0.2) is 75.1 Å². The summed E-state index contributed by atoms with van der Waals surface area (Å²) < 4.78 is 51.3. The number of amides is 1. The number of halogens is 1. The summed E-state index contributed by atoms with van der Waals surface area (Å²) in [5.74, 6) is -0.672. The van der Waals surface area contributed by atoms with Crippen LogP contribution in [0, 0.1) is 18.7 Å². The van der Waals surface area contributed by atoms with Crippen LogP contribution in [0.5, 0.6) is 0 Å². The number of ether oxygens (including phenoxy) is 1. The van der Waals surface area contributed by atoms with Crippen LogP contribution in [-0.2, 0) is 31.5 Å². The van der Waals surface area contributed by atoms with E-state index in [0.29, 0.717) is 36.9 Å². The summed E-state index contributed by atoms with van der Waals surface area (Å²) in [6.07, 6.45) is 5.49. The molecule has 41 heavy (non-hydrogen) atoms. The molecule has 4 heterocycles. The van der Waals surface area contributed by atoms with E-state index in [1.165, 1.54) is 40.4 Å². The number of furan rings is 1. The molecule has 1 saturated heterocycles. The van der Waals surface area contributed by atoms with E-state index in [9.17, 15) is 22.4 Å². The first-order chi connectivity index (χ1) is 19.7. The van der Waals surface area contributed by atoms with E-state index in [2.05, 4.69) is 10.3 Å². The van der Waals surface area contributed by atoms with E-state index in [-0.39, 0.29) is 28.1 Å². The molecule has 0 saturated carbocycles. The second-order valence-corrected chi connectivity index (χ2v) is 13.2. The van der Waals surface area contributed by atoms with E-state index >= 15 is 0 Å². The van der Waals surface area contributed by atoms with Crippen molar-refractivity contribution < 1.29 is 26.8 Å². The van der Waals surface area contributed by atoms with Crippen molar-refractivity contribution in [2.24, 2.45) is 5.92 Å². The molecule has 1 unspecified atom stereocenters. The first-order valence-electron chi connectivity index (χ1n) is 13.2. The van der Waals surface area contributed by atoms with Crippen molar-refractivity contribution >= 4 is 32.2 Å². The lowest BCUT2D eigenvalue weighted by molar-refractivity contribution is -0.120. The fourth-order valence-corrected chi connectivity index (χ4v) is 7.18. The van der Waals surface area contributed by atoms with Crippen molar-refractivity contribution in [3.63, 3.8) is 0 Å². The van der Waals surface area contributed by atoms with Gasteiger partial charge in [-0.25, -0.2) is 17.8 Å². The molecule has 0 bridgehead atoms. The Hall–Kier alpha value is -3.61. The number of anilines is 1. The number of nitrogens with zero attached hydrogens (tertiary/aromatic N) is 2. The van der Waals surface area contributed by atoms with E-state index in [4.69, 9.17) is 9.15 Å². The molecule has 0 spiro atoms. The molecule has 1 aliphatic heterocycles. The minimum Gasteiger partial charge on any atom is -0.468 e. The molecule has 216 valence electrons. The zero-order chi connectivity index (χ0) is 29.0. The molecule has 1 aromatic carbocycles. The number of sulfone groups is 1. The molecule has 1 fully saturated rings. The lowest BCUT2D eigenvalue weighted by Gasteiger charge is -2.28. The molecule has 1 N–H and O–H groups in total. The summed E-state index contributed by atoms with van der Waals surface area (Å²) >= 11 is 1.30. The highest BCUT2D eigenvalue weighted by Crippen LogP contribution is 2.29. The zero-order valence-electron chi connectivity index (χ0n) is 22.4. The van der Waals surface area contributed by atoms with Gasteiger partial charge in [0.15, 0.2) is 15.0 Å². The Labute approximate surface area is 240 Å². The van der Waals surface area contributed by atoms with Gasteiger partial charge in [0.25, 0.3) is 5.56 Å². The third-order valence-electron chi connectivity index (χ3n) is 7.09. The Kier molecular flexibility index (Phi) is 8.81. The molecular weight excluding hydrogens is 569 g/mol. The Bertz CT molecular complexity index is 1660. The number of carbonyl (C=O) groups excluding carboxylic acids is 1. The Balaban J connectivity index is 1.39. The number of pyridine rings is 1. The minimum atomic E-state index is -3.85. The maximum Gasteiger partial charge on any atom is 0.252 e. The molecule has 0 radical (unpaired) electrons. The van der Waals surface area contributed by atoms with Gasteiger partial charge in [0.1, 0.15) is 23.4 Å². The molecule has 4 aromatic rings. The highest BCUT2D eigenvalue weighted by Gasteiger charge is 2.30. The van der Waals surface area contributed by atoms with Crippen molar-refractivity contribution in [3.8, 4) is 0 Å². The lowest BCUT2D eigenvalue weighted by atomic mass is 9.91. The van der Waals surface area contributed by atoms with Crippen LogP contribution in [-0.4, -0.2) is 37.1 Å². The number of aryl methyl sites for hydroxylation is 1. The third-order valence-corrected chi connectivity index (χ3v) is 9.62. The van der Waals surface area contributed by atoms with Crippen molar-refractivity contribution in [1.82, 2.24) is 9.55 Å². The highest BCUT2D eigenvalue weighted by molar-refractivity contribution is 7.90. The van der Waals surface area contributed by atoms with Crippen molar-refractivity contribution in [1.29, 1.82) is 0 Å². The van der Waals surface area contributed by atoms with E-state index in [1.807, 2.05) is 0 Å². The average molecular weight is 600 g/mol. The quantitative estimate of drug-likeness (QED) is 0.275. The molecule has 3 aromatic heterocycles. The number of aromatic nitrogens is 2. The summed E-state index contributed by atoms with van der Waals surface area (Å²) in [4.78, 5) is 32.2. The molecule has 1 amide bonds. The van der Waals surface area contributed by atoms with E-state index in [0.717, 1.165) is 29.3 Å². The van der Waals surface area contributed by atoms with Gasteiger partial charge in [0.2, 0.25) is 5.91 Å². The van der Waals surface area contributed by atoms with Crippen LogP contribution in [0.4, 0.5) is 9.52 Å². The van der Waals surface area contributed by atoms with Gasteiger partial charge in [-0.2, -0.15) is 0 Å². The summed E-state index contributed by atoms with van der Waals surface area (Å²) in [6.45, 7) is 2.79. The maximum atomic E-state index is 13.7. The van der Waals surface area contributed by atoms with Crippen LogP contribution in [0.25, 0.3) is 0 Å². The second-order valence-electron chi connectivity index (χ2n) is 10.1. The standard InChI is InChI=1S/C29H30FN3O6S2/c1-19-13-25(41(36,37)18-23-3-2-10-39-23)16-27(34)33(19)26(15-21-8-11-38-12-9-21)28(35)32-29-31-17-24(40-29)14-20-4-6-22(30)7-5-20/h2-7,10,13,16-17,21,26H,8-9,11-12,14-15,18H2,1H3,(H,31,32,35). The summed E-state index contributed by atoms with van der Waals surface area (Å²) in [7, 11) is -3.85. The predicted molar refractivity (Wildman–Crippen MR) is 152 cm³/mol. The number of rotatable bonds is 10. The van der Waals surface area contributed by atoms with Gasteiger partial charge in [-0.3, -0.25) is 9.59 Å². The first-order valence-corrected chi connectivity index (χ1v) is 15.7. The van der Waals surface area contributed by atoms with Crippen molar-refractivity contribution in [2.45, 2.75) is 49.3 Å². The summed E-state index contributed by atoms with van der Waals surface area (Å²) in [6, 6.07) is 11.0. The molecular formula is C29H30FN3O6S2. The maximum absolute atomic E-state index is 13.7. The van der Waals surface area contributed by atoms with Crippen molar-refractivity contribution in [2.75, 3.05) is 18.5 Å². The normalized spacial score (nSPS) is 15.1. The topological polar surface area (TPSA) is 121 Å². The van der Waals surface area contributed by atoms with E-state index < -0.39 is 27.3 Å². The number of thiazole rings is 1. The minimum absolute atomic E-state index is 0.122. The fourth-order valence-electron chi connectivity index (χ4n) is 4.99. The van der Waals surface area contributed by atoms with Gasteiger partial charge in [-0.05, 0) is 68.0 Å². The van der Waals surface area contributed by atoms with Crippen LogP contribution >= 0.6 is 11.3 Å². The number of benzene rings is 1. The van der Waals surface area contributed by atoms with Gasteiger partial charge < -0.3 is 19.0 Å². The molecule has 0 aliphatic carbocycles. The first kappa shape index (κ1) is 28.9. The Morgan fingerprint density at radius 1 is 1.20 bits per heavy atom. The number of hydrogen-bond donors (Lipinski definition) is 1. The summed E-state index contributed by atoms with van der Waals surface area (Å²) in [5.41, 5.74) is 0.694. The van der Waals surface area contributed by atoms with Gasteiger partial charge in [0.05, 0.1) is 11.2 Å². The highest BCUT2D eigenvalue weighted by atomic mass is 32.2. The average Bonchev–Trinajstić information content (AvgIpc) is 3.61. The Morgan fingerprint density at radius 2 is 1.95 bits per heavy atom. The van der Waals surface area contributed by atoms with Gasteiger partial charge >= 0.3 is 0 Å². The lowest BCUT2D eigenvalue weighted by Crippen LogP contribution is -2.37. The number of carbonyl (C=O) groups is 1. The number of nitrogens with one attached hydrogen (secondary N) is 1. The zero-order valence-corrected chi connectivity index (χ0v) is 24.0. The SMILES string of the molecule is Cc1cc(S(=O)(=O)Cc2ccco2)cc(=O)n1C(CC1CCOCC1)C(=O)Nc1ncc(Cc2ccc(F)cc2)s1. The Morgan fingerprint density at radius 3 is 2.63 bits per heavy atom. The second kappa shape index (κ2) is 12.5. The number of hydrogen-bond acceptors (Lipinski definition) is 8. The van der Waals surface area contributed by atoms with Crippen LogP contribution in [0.3, 0.4) is 0 Å². The van der Waals surface area contributed by atoms with Crippen LogP contribution < -0.4 is 10.9 Å². The summed E-state index contributed by atoms with van der Waals surface area (Å²) in [5, 5.41) is 3.24. The van der Waals surface area contributed by atoms with Crippen LogP contribution in [0.1, 0.15) is 47.2 Å². The smallest absolute Gasteiger partial charge is 0.252 e. The molecule has 1 aliphatic rings. The molecule has 9 nitrogen and oxygen atoms in total. The largest absolute Gasteiger partial charge is 0.468 e. The van der Waals surface area contributed by atoms with E-state index in [1.54, 1.807) is 37.4 Å². The van der Waals surface area contributed by atoms with Gasteiger partial charge in [-0.15, -0.1) is 11.3 Å². The molecule has 12 heteroatoms. The van der Waals surface area contributed by atoms with Gasteiger partial charge in [0, 0.05) is 42.5 Å². The monoisotopic (exact) mass is 599 g/mol. The predicted octanol–water partition coefficient (Wildman–Crippen LogP) is 4.91. The fraction of sp³-hybridized carbons (Fsp3) is 0.345. The van der Waals surface area contributed by atoms with Crippen LogP contribution in [0.2, 0.25) is 0 Å².